The van der Waals surface area contributed by atoms with Crippen molar-refractivity contribution in [1.82, 2.24) is 74.3 Å². The molecule has 15 heteroatoms. The Kier molecular flexibility index (Phi) is 10.1. The molecule has 10 rings (SSSR count). The minimum atomic E-state index is 0.933. The fourth-order valence-electron chi connectivity index (χ4n) is 4.90. The molecule has 0 aliphatic rings. The number of aryl methyl sites for hydroxylation is 5. The van der Waals surface area contributed by atoms with E-state index in [1.54, 1.807) is 62.5 Å². The van der Waals surface area contributed by atoms with Gasteiger partial charge in [0, 0.05) is 37.5 Å². The summed E-state index contributed by atoms with van der Waals surface area (Å²) in [5.74, 6) is 0.933. The molecule has 0 aliphatic carbocycles. The quantitative estimate of drug-likeness (QED) is 0.148. The molecule has 0 fully saturated rings. The molecule has 0 unspecified atom stereocenters. The summed E-state index contributed by atoms with van der Waals surface area (Å²) in [5.41, 5.74) is 13.1. The molecule has 0 spiro atoms. The van der Waals surface area contributed by atoms with Gasteiger partial charge < -0.3 is 24.5 Å². The van der Waals surface area contributed by atoms with Crippen molar-refractivity contribution in [3.8, 4) is 0 Å². The first-order valence-electron chi connectivity index (χ1n) is 15.6. The molecule has 250 valence electrons. The average Bonchev–Trinajstić information content (AvgIpc) is 3.97. The summed E-state index contributed by atoms with van der Waals surface area (Å²) in [6.45, 7) is 7.83. The molecule has 4 N–H and O–H groups in total. The Bertz CT molecular complexity index is 2460. The lowest BCUT2D eigenvalue weighted by Gasteiger charge is -1.89. The van der Waals surface area contributed by atoms with Crippen LogP contribution < -0.4 is 0 Å². The highest BCUT2D eigenvalue weighted by Gasteiger charge is 1.99. The zero-order valence-electron chi connectivity index (χ0n) is 28.2. The zero-order chi connectivity index (χ0) is 34.9. The monoisotopic (exact) mass is 665 g/mol. The molecule has 50 heavy (non-hydrogen) atoms. The molecule has 0 saturated heterocycles. The van der Waals surface area contributed by atoms with Crippen LogP contribution in [0.15, 0.2) is 99.1 Å². The van der Waals surface area contributed by atoms with Crippen molar-refractivity contribution in [1.29, 1.82) is 0 Å². The van der Waals surface area contributed by atoms with Crippen LogP contribution >= 0.6 is 0 Å². The Morgan fingerprint density at radius 2 is 1.28 bits per heavy atom. The second kappa shape index (κ2) is 15.3. The van der Waals surface area contributed by atoms with E-state index in [-0.39, 0.29) is 0 Å². The van der Waals surface area contributed by atoms with E-state index in [1.807, 2.05) is 76.0 Å². The zero-order valence-corrected chi connectivity index (χ0v) is 28.2. The van der Waals surface area contributed by atoms with Gasteiger partial charge in [-0.3, -0.25) is 24.9 Å². The van der Waals surface area contributed by atoms with Crippen molar-refractivity contribution in [3.05, 3.63) is 122 Å². The van der Waals surface area contributed by atoms with Gasteiger partial charge in [-0.2, -0.15) is 0 Å². The summed E-state index contributed by atoms with van der Waals surface area (Å²) in [5, 5.41) is 0. The Morgan fingerprint density at radius 1 is 0.560 bits per heavy atom. The van der Waals surface area contributed by atoms with Gasteiger partial charge >= 0.3 is 0 Å². The maximum absolute atomic E-state index is 4.22. The normalized spacial score (nSPS) is 10.5. The first kappa shape index (κ1) is 33.0. The average molecular weight is 666 g/mol. The molecule has 0 saturated carbocycles. The third kappa shape index (κ3) is 7.96. The molecule has 15 nitrogen and oxygen atoms in total. The van der Waals surface area contributed by atoms with Crippen LogP contribution in [0.2, 0.25) is 0 Å². The lowest BCUT2D eigenvalue weighted by molar-refractivity contribution is 0.945. The maximum Gasteiger partial charge on any atom is 0.109 e. The van der Waals surface area contributed by atoms with Gasteiger partial charge in [0.25, 0.3) is 0 Å². The first-order chi connectivity index (χ1) is 24.4. The minimum Gasteiger partial charge on any atom is -0.344 e. The van der Waals surface area contributed by atoms with Gasteiger partial charge in [-0.25, -0.2) is 24.9 Å². The van der Waals surface area contributed by atoms with Gasteiger partial charge in [0.05, 0.1) is 105 Å². The number of H-pyrrole nitrogens is 4. The van der Waals surface area contributed by atoms with Crippen LogP contribution in [0.25, 0.3) is 55.2 Å². The van der Waals surface area contributed by atoms with Gasteiger partial charge in [0.15, 0.2) is 0 Å². The summed E-state index contributed by atoms with van der Waals surface area (Å²) >= 11 is 0. The third-order valence-corrected chi connectivity index (χ3v) is 7.41. The van der Waals surface area contributed by atoms with Crippen LogP contribution in [0.1, 0.15) is 22.8 Å². The number of nitrogens with one attached hydrogen (secondary N) is 4. The number of rotatable bonds is 0. The molecule has 0 aromatic carbocycles. The number of nitrogens with zero attached hydrogens (tertiary/aromatic N) is 11. The second-order valence-corrected chi connectivity index (χ2v) is 11.1. The van der Waals surface area contributed by atoms with Crippen LogP contribution in [-0.2, 0) is 7.05 Å². The fourth-order valence-corrected chi connectivity index (χ4v) is 4.90. The highest BCUT2D eigenvalue weighted by atomic mass is 15.0. The molecule has 10 aromatic heterocycles. The molecule has 10 heterocycles. The van der Waals surface area contributed by atoms with Gasteiger partial charge in [-0.1, -0.05) is 0 Å². The Balaban J connectivity index is 0.000000108. The number of hydrogen-bond acceptors (Lipinski definition) is 10. The standard InChI is InChI=1S/5C7H7N3/c1-5-2-8-3-6-7(5)10-4-9-6;1-5-2-6-7(3-8-5)10-4-9-6;1-10-5-9-6-2-3-8-4-7(6)10;1-5-7-6(2-3-8-5)9-4-10-7;1-5-9-6-2-3-8-4-7(6)10-5/h2*2-4H,1H3,(H,9,10);2-5H,1H3;2*2-4H,1H3,(H,9,10). The van der Waals surface area contributed by atoms with Crippen molar-refractivity contribution < 1.29 is 0 Å². The summed E-state index contributed by atoms with van der Waals surface area (Å²) < 4.78 is 1.95. The van der Waals surface area contributed by atoms with Crippen LogP contribution in [0.3, 0.4) is 0 Å². The highest BCUT2D eigenvalue weighted by Crippen LogP contribution is 2.11. The Labute approximate surface area is 285 Å². The molecule has 10 aromatic rings. The lowest BCUT2D eigenvalue weighted by Crippen LogP contribution is -1.83. The van der Waals surface area contributed by atoms with Gasteiger partial charge in [0.2, 0.25) is 0 Å². The molecule has 0 bridgehead atoms. The van der Waals surface area contributed by atoms with Crippen LogP contribution in [0, 0.1) is 27.7 Å². The third-order valence-electron chi connectivity index (χ3n) is 7.41. The summed E-state index contributed by atoms with van der Waals surface area (Å²) in [6.07, 6.45) is 21.0. The summed E-state index contributed by atoms with van der Waals surface area (Å²) in [7, 11) is 1.96. The van der Waals surface area contributed by atoms with E-state index in [1.165, 1.54) is 0 Å². The SMILES string of the molecule is Cc1cc2nc[nH]c2cn1.Cc1cncc2[nH]cnc12.Cc1nc2ccncc2[nH]1.Cc1nccc2[nH]cnc12.Cn1cnc2ccncc21. The van der Waals surface area contributed by atoms with Crippen molar-refractivity contribution in [2.75, 3.05) is 0 Å². The smallest absolute Gasteiger partial charge is 0.109 e. The Morgan fingerprint density at radius 3 is 2.06 bits per heavy atom. The van der Waals surface area contributed by atoms with Crippen molar-refractivity contribution in [2.45, 2.75) is 27.7 Å². The van der Waals surface area contributed by atoms with Gasteiger partial charge in [-0.15, -0.1) is 0 Å². The van der Waals surface area contributed by atoms with Crippen molar-refractivity contribution in [2.24, 2.45) is 7.05 Å². The highest BCUT2D eigenvalue weighted by molar-refractivity contribution is 5.77. The number of aromatic amines is 4. The predicted molar refractivity (Wildman–Crippen MR) is 193 cm³/mol. The van der Waals surface area contributed by atoms with Gasteiger partial charge in [0.1, 0.15) is 11.3 Å². The van der Waals surface area contributed by atoms with E-state index >= 15 is 0 Å². The van der Waals surface area contributed by atoms with Gasteiger partial charge in [-0.05, 0) is 57.5 Å². The molecule has 0 amide bonds. The predicted octanol–water partition coefficient (Wildman–Crippen LogP) is 6.03. The Hall–Kier alpha value is -6.90. The lowest BCUT2D eigenvalue weighted by atomic mass is 10.3. The van der Waals surface area contributed by atoms with E-state index in [0.29, 0.717) is 0 Å². The number of aromatic nitrogens is 15. The largest absolute Gasteiger partial charge is 0.344 e. The molecule has 0 radical (unpaired) electrons. The second-order valence-electron chi connectivity index (χ2n) is 11.1. The molecule has 0 aliphatic heterocycles. The van der Waals surface area contributed by atoms with Crippen LogP contribution in [0.4, 0.5) is 0 Å². The van der Waals surface area contributed by atoms with E-state index in [2.05, 4.69) is 69.8 Å². The molecular weight excluding hydrogens is 630 g/mol. The number of fused-ring (bicyclic) bond motifs is 5. The number of imidazole rings is 5. The first-order valence-corrected chi connectivity index (χ1v) is 15.6. The van der Waals surface area contributed by atoms with E-state index in [0.717, 1.165) is 77.9 Å². The van der Waals surface area contributed by atoms with Crippen LogP contribution in [-0.4, -0.2) is 74.3 Å². The molecule has 0 atom stereocenters. The number of hydrogen-bond donors (Lipinski definition) is 4. The van der Waals surface area contributed by atoms with E-state index in [9.17, 15) is 0 Å². The maximum atomic E-state index is 4.22. The molecular formula is C35H35N15. The van der Waals surface area contributed by atoms with Crippen LogP contribution in [0.5, 0.6) is 0 Å². The van der Waals surface area contributed by atoms with E-state index < -0.39 is 0 Å². The summed E-state index contributed by atoms with van der Waals surface area (Å²) in [6, 6.07) is 7.65. The van der Waals surface area contributed by atoms with Crippen molar-refractivity contribution >= 4 is 55.2 Å². The topological polar surface area (TPSA) is 197 Å². The minimum absolute atomic E-state index is 0.933. The van der Waals surface area contributed by atoms with Crippen molar-refractivity contribution in [3.63, 3.8) is 0 Å². The van der Waals surface area contributed by atoms with E-state index in [4.69, 9.17) is 0 Å². The number of pyridine rings is 5. The summed E-state index contributed by atoms with van der Waals surface area (Å²) in [4.78, 5) is 52.9. The fraction of sp³-hybridized carbons (Fsp3) is 0.143.